The highest BCUT2D eigenvalue weighted by Crippen LogP contribution is 2.39. The molecular formula is C10H20BIO2. The second kappa shape index (κ2) is 4.30. The van der Waals surface area contributed by atoms with Crippen molar-refractivity contribution in [2.75, 3.05) is 0 Å². The van der Waals surface area contributed by atoms with Crippen molar-refractivity contribution in [3.05, 3.63) is 0 Å². The maximum Gasteiger partial charge on any atom is 0.471 e. The molecule has 82 valence electrons. The normalized spacial score (nSPS) is 26.6. The molecule has 1 aliphatic rings. The Kier molecular flexibility index (Phi) is 3.92. The molecule has 0 saturated carbocycles. The van der Waals surface area contributed by atoms with Crippen molar-refractivity contribution < 1.29 is 9.31 Å². The monoisotopic (exact) mass is 310 g/mol. The minimum atomic E-state index is -0.186. The lowest BCUT2D eigenvalue weighted by atomic mass is 9.82. The highest BCUT2D eigenvalue weighted by atomic mass is 127. The van der Waals surface area contributed by atoms with E-state index in [1.54, 1.807) is 0 Å². The number of hydrogen-bond acceptors (Lipinski definition) is 2. The summed E-state index contributed by atoms with van der Waals surface area (Å²) in [5.74, 6) is 0. The Morgan fingerprint density at radius 2 is 1.57 bits per heavy atom. The molecule has 0 aromatic heterocycles. The Morgan fingerprint density at radius 3 is 1.93 bits per heavy atom. The van der Waals surface area contributed by atoms with Gasteiger partial charge in [0.15, 0.2) is 0 Å². The molecule has 2 nitrogen and oxygen atoms in total. The van der Waals surface area contributed by atoms with E-state index in [4.69, 9.17) is 9.31 Å². The summed E-state index contributed by atoms with van der Waals surface area (Å²) in [6.45, 7) is 10.6. The summed E-state index contributed by atoms with van der Waals surface area (Å²) < 4.78 is 12.4. The van der Waals surface area contributed by atoms with Gasteiger partial charge < -0.3 is 9.31 Å². The molecule has 14 heavy (non-hydrogen) atoms. The molecule has 1 aliphatic heterocycles. The first-order valence-electron chi connectivity index (χ1n) is 5.30. The van der Waals surface area contributed by atoms with E-state index in [0.717, 1.165) is 6.42 Å². The summed E-state index contributed by atoms with van der Waals surface area (Å²) in [6.07, 6.45) is 2.33. The first-order valence-corrected chi connectivity index (χ1v) is 6.54. The van der Waals surface area contributed by atoms with Crippen molar-refractivity contribution in [2.45, 2.75) is 62.5 Å². The van der Waals surface area contributed by atoms with Crippen molar-refractivity contribution >= 4 is 29.7 Å². The van der Waals surface area contributed by atoms with Crippen LogP contribution in [0.15, 0.2) is 0 Å². The lowest BCUT2D eigenvalue weighted by molar-refractivity contribution is 0.00578. The quantitative estimate of drug-likeness (QED) is 0.453. The van der Waals surface area contributed by atoms with E-state index in [1.165, 1.54) is 6.42 Å². The molecule has 0 aromatic carbocycles. The van der Waals surface area contributed by atoms with Crippen LogP contribution in [0.3, 0.4) is 0 Å². The standard InChI is InChI=1S/C10H20BIO2/c1-6-7-8(12)11-13-9(2,3)10(4,5)14-11/h8H,6-7H2,1-5H3. The molecule has 0 radical (unpaired) electrons. The molecule has 1 atom stereocenters. The SMILES string of the molecule is CCCC(I)B1OC(C)(C)C(C)(C)O1. The van der Waals surface area contributed by atoms with Gasteiger partial charge in [-0.2, -0.15) is 0 Å². The third-order valence-corrected chi connectivity index (χ3v) is 4.34. The molecule has 1 rings (SSSR count). The highest BCUT2D eigenvalue weighted by molar-refractivity contribution is 14.1. The van der Waals surface area contributed by atoms with Crippen LogP contribution < -0.4 is 0 Å². The van der Waals surface area contributed by atoms with E-state index in [-0.39, 0.29) is 18.3 Å². The van der Waals surface area contributed by atoms with E-state index >= 15 is 0 Å². The average Bonchev–Trinajstić information content (AvgIpc) is 2.22. The highest BCUT2D eigenvalue weighted by Gasteiger charge is 2.52. The topological polar surface area (TPSA) is 18.5 Å². The van der Waals surface area contributed by atoms with E-state index in [1.807, 2.05) is 0 Å². The Labute approximate surface area is 101 Å². The van der Waals surface area contributed by atoms with Crippen LogP contribution in [0, 0.1) is 0 Å². The van der Waals surface area contributed by atoms with Crippen molar-refractivity contribution in [1.82, 2.24) is 0 Å². The van der Waals surface area contributed by atoms with Gasteiger partial charge in [0.05, 0.1) is 11.2 Å². The van der Waals surface area contributed by atoms with Crippen molar-refractivity contribution in [2.24, 2.45) is 0 Å². The Hall–Kier alpha value is 0.715. The van der Waals surface area contributed by atoms with Crippen molar-refractivity contribution in [3.8, 4) is 0 Å². The van der Waals surface area contributed by atoms with Gasteiger partial charge in [-0.05, 0) is 34.1 Å². The molecule has 1 fully saturated rings. The second-order valence-electron chi connectivity index (χ2n) is 4.93. The lowest BCUT2D eigenvalue weighted by Crippen LogP contribution is -2.41. The first kappa shape index (κ1) is 12.8. The Balaban J connectivity index is 2.63. The molecule has 0 aliphatic carbocycles. The molecule has 1 saturated heterocycles. The van der Waals surface area contributed by atoms with Gasteiger partial charge in [0.2, 0.25) is 0 Å². The largest absolute Gasteiger partial charge is 0.471 e. The molecule has 0 amide bonds. The Morgan fingerprint density at radius 1 is 1.14 bits per heavy atom. The molecule has 1 unspecified atom stereocenters. The smallest absolute Gasteiger partial charge is 0.403 e. The molecule has 0 N–H and O–H groups in total. The van der Waals surface area contributed by atoms with Crippen LogP contribution in [0.2, 0.25) is 0 Å². The minimum Gasteiger partial charge on any atom is -0.403 e. The summed E-state index contributed by atoms with van der Waals surface area (Å²) in [5.41, 5.74) is -0.371. The third-order valence-electron chi connectivity index (χ3n) is 3.13. The fourth-order valence-corrected chi connectivity index (χ4v) is 2.36. The van der Waals surface area contributed by atoms with E-state index in [9.17, 15) is 0 Å². The van der Waals surface area contributed by atoms with Crippen LogP contribution in [0.4, 0.5) is 0 Å². The predicted octanol–water partition coefficient (Wildman–Crippen LogP) is 3.22. The maximum atomic E-state index is 5.95. The van der Waals surface area contributed by atoms with Gasteiger partial charge in [-0.3, -0.25) is 0 Å². The predicted molar refractivity (Wildman–Crippen MR) is 68.8 cm³/mol. The third kappa shape index (κ3) is 2.45. The number of alkyl halides is 1. The van der Waals surface area contributed by atoms with Crippen LogP contribution in [0.25, 0.3) is 0 Å². The first-order chi connectivity index (χ1) is 6.30. The van der Waals surface area contributed by atoms with E-state index in [0.29, 0.717) is 3.82 Å². The average molecular weight is 310 g/mol. The molecule has 0 bridgehead atoms. The number of hydrogen-bond donors (Lipinski definition) is 0. The van der Waals surface area contributed by atoms with Gasteiger partial charge in [0.1, 0.15) is 0 Å². The molecule has 4 heteroatoms. The fraction of sp³-hybridized carbons (Fsp3) is 1.00. The lowest BCUT2D eigenvalue weighted by Gasteiger charge is -2.32. The van der Waals surface area contributed by atoms with E-state index in [2.05, 4.69) is 57.2 Å². The van der Waals surface area contributed by atoms with Crippen LogP contribution in [0.1, 0.15) is 47.5 Å². The summed E-state index contributed by atoms with van der Waals surface area (Å²) in [6, 6.07) is 0. The van der Waals surface area contributed by atoms with Gasteiger partial charge in [-0.15, -0.1) is 0 Å². The van der Waals surface area contributed by atoms with Crippen LogP contribution >= 0.6 is 22.6 Å². The fourth-order valence-electron chi connectivity index (χ4n) is 1.45. The summed E-state index contributed by atoms with van der Waals surface area (Å²) in [4.78, 5) is 0. The summed E-state index contributed by atoms with van der Waals surface area (Å²) >= 11 is 2.43. The van der Waals surface area contributed by atoms with Crippen molar-refractivity contribution in [1.29, 1.82) is 0 Å². The zero-order valence-electron chi connectivity index (χ0n) is 9.76. The molecule has 1 heterocycles. The summed E-state index contributed by atoms with van der Waals surface area (Å²) in [7, 11) is -0.0412. The van der Waals surface area contributed by atoms with E-state index < -0.39 is 0 Å². The number of halogens is 1. The molecule has 0 aromatic rings. The van der Waals surface area contributed by atoms with Gasteiger partial charge in [-0.25, -0.2) is 0 Å². The number of rotatable bonds is 3. The molecular weight excluding hydrogens is 290 g/mol. The van der Waals surface area contributed by atoms with Crippen LogP contribution in [-0.2, 0) is 9.31 Å². The molecule has 0 spiro atoms. The van der Waals surface area contributed by atoms with Gasteiger partial charge in [0, 0.05) is 3.82 Å². The zero-order chi connectivity index (χ0) is 11.0. The maximum absolute atomic E-state index is 5.95. The van der Waals surface area contributed by atoms with Gasteiger partial charge in [0.25, 0.3) is 0 Å². The van der Waals surface area contributed by atoms with Gasteiger partial charge in [-0.1, -0.05) is 35.9 Å². The van der Waals surface area contributed by atoms with Gasteiger partial charge >= 0.3 is 7.12 Å². The summed E-state index contributed by atoms with van der Waals surface area (Å²) in [5, 5.41) is 0. The Bertz CT molecular complexity index is 190. The van der Waals surface area contributed by atoms with Crippen molar-refractivity contribution in [3.63, 3.8) is 0 Å². The zero-order valence-corrected chi connectivity index (χ0v) is 11.9. The minimum absolute atomic E-state index is 0.0412. The second-order valence-corrected chi connectivity index (χ2v) is 6.53. The van der Waals surface area contributed by atoms with Crippen LogP contribution in [-0.4, -0.2) is 22.1 Å². The van der Waals surface area contributed by atoms with Crippen LogP contribution in [0.5, 0.6) is 0 Å².